The number of nitrogens with one attached hydrogen (secondary N) is 2. The summed E-state index contributed by atoms with van der Waals surface area (Å²) in [5, 5.41) is 4.56. The van der Waals surface area contributed by atoms with Gasteiger partial charge in [0, 0.05) is 23.5 Å². The van der Waals surface area contributed by atoms with Gasteiger partial charge in [-0.15, -0.1) is 11.3 Å². The Hall–Kier alpha value is -2.27. The molecular weight excluding hydrogens is 454 g/mol. The van der Waals surface area contributed by atoms with Gasteiger partial charge in [-0.1, -0.05) is 12.1 Å². The van der Waals surface area contributed by atoms with Gasteiger partial charge in [0.05, 0.1) is 12.3 Å². The zero-order chi connectivity index (χ0) is 22.3. The van der Waals surface area contributed by atoms with E-state index in [0.29, 0.717) is 17.8 Å². The third-order valence-corrected chi connectivity index (χ3v) is 7.86. The number of furan rings is 1. The van der Waals surface area contributed by atoms with Gasteiger partial charge >= 0.3 is 0 Å². The van der Waals surface area contributed by atoms with Crippen LogP contribution in [-0.4, -0.2) is 45.6 Å². The molecule has 2 N–H and O–H groups in total. The molecule has 0 saturated carbocycles. The fourth-order valence-corrected chi connectivity index (χ4v) is 5.54. The molecule has 3 rings (SSSR count). The first-order chi connectivity index (χ1) is 14.8. The molecular formula is C21H25N3O4S3. The highest BCUT2D eigenvalue weighted by atomic mass is 32.2. The van der Waals surface area contributed by atoms with Crippen molar-refractivity contribution in [1.29, 1.82) is 0 Å². The first kappa shape index (κ1) is 23.4. The van der Waals surface area contributed by atoms with Crippen molar-refractivity contribution in [3.8, 4) is 0 Å². The summed E-state index contributed by atoms with van der Waals surface area (Å²) < 4.78 is 33.2. The predicted molar refractivity (Wildman–Crippen MR) is 126 cm³/mol. The van der Waals surface area contributed by atoms with Crippen LogP contribution < -0.4 is 10.0 Å². The van der Waals surface area contributed by atoms with Crippen molar-refractivity contribution in [1.82, 2.24) is 10.2 Å². The van der Waals surface area contributed by atoms with Crippen LogP contribution in [0.5, 0.6) is 0 Å². The van der Waals surface area contributed by atoms with E-state index < -0.39 is 10.0 Å². The molecule has 0 aliphatic carbocycles. The summed E-state index contributed by atoms with van der Waals surface area (Å²) in [6, 6.07) is 13.6. The molecule has 0 radical (unpaired) electrons. The second-order valence-corrected chi connectivity index (χ2v) is 11.0. The number of thiophene rings is 1. The molecule has 1 amide bonds. The summed E-state index contributed by atoms with van der Waals surface area (Å²) in [6.45, 7) is 1.27. The molecule has 31 heavy (non-hydrogen) atoms. The molecule has 0 saturated heterocycles. The number of hydrogen-bond donors (Lipinski definition) is 2. The maximum absolute atomic E-state index is 12.4. The lowest BCUT2D eigenvalue weighted by Crippen LogP contribution is -2.25. The van der Waals surface area contributed by atoms with Gasteiger partial charge in [-0.25, -0.2) is 8.42 Å². The third-order valence-electron chi connectivity index (χ3n) is 4.10. The number of carbonyl (C=O) groups is 1. The Morgan fingerprint density at radius 2 is 1.94 bits per heavy atom. The molecule has 0 spiro atoms. The fourth-order valence-electron chi connectivity index (χ4n) is 2.75. The molecule has 0 unspecified atom stereocenters. The summed E-state index contributed by atoms with van der Waals surface area (Å²) >= 11 is 2.81. The van der Waals surface area contributed by atoms with Gasteiger partial charge in [0.1, 0.15) is 15.7 Å². The summed E-state index contributed by atoms with van der Waals surface area (Å²) in [5.41, 5.74) is 0.748. The Balaban J connectivity index is 1.44. The van der Waals surface area contributed by atoms with Crippen LogP contribution in [0, 0.1) is 0 Å². The lowest BCUT2D eigenvalue weighted by molar-refractivity contribution is 0.0956. The first-order valence-electron chi connectivity index (χ1n) is 9.58. The van der Waals surface area contributed by atoms with Crippen LogP contribution in [-0.2, 0) is 22.3 Å². The van der Waals surface area contributed by atoms with E-state index in [9.17, 15) is 13.2 Å². The number of anilines is 1. The molecule has 7 nitrogen and oxygen atoms in total. The zero-order valence-electron chi connectivity index (χ0n) is 17.3. The van der Waals surface area contributed by atoms with E-state index in [1.165, 1.54) is 12.1 Å². The number of benzene rings is 1. The SMILES string of the molecule is CN(C)Cc1ccc(CSCCNC(=O)c2cccc(NS(=O)(=O)c3cccs3)c2)o1. The number of amides is 1. The summed E-state index contributed by atoms with van der Waals surface area (Å²) in [5.74, 6) is 3.08. The maximum atomic E-state index is 12.4. The first-order valence-corrected chi connectivity index (χ1v) is 13.1. The van der Waals surface area contributed by atoms with Gasteiger partial charge in [0.15, 0.2) is 0 Å². The predicted octanol–water partition coefficient (Wildman–Crippen LogP) is 3.87. The molecule has 0 fully saturated rings. The van der Waals surface area contributed by atoms with E-state index >= 15 is 0 Å². The van der Waals surface area contributed by atoms with Gasteiger partial charge in [0.25, 0.3) is 15.9 Å². The van der Waals surface area contributed by atoms with Crippen molar-refractivity contribution < 1.29 is 17.6 Å². The lowest BCUT2D eigenvalue weighted by atomic mass is 10.2. The average Bonchev–Trinajstić information content (AvgIpc) is 3.40. The summed E-state index contributed by atoms with van der Waals surface area (Å²) in [7, 11) is 0.342. The standard InChI is InChI=1S/C21H25N3O4S3/c1-24(2)14-18-8-9-19(28-18)15-29-12-10-22-21(25)16-5-3-6-17(13-16)23-31(26,27)20-7-4-11-30-20/h3-9,11,13,23H,10,12,14-15H2,1-2H3,(H,22,25). The van der Waals surface area contributed by atoms with Crippen LogP contribution in [0.25, 0.3) is 0 Å². The Bertz CT molecular complexity index is 1090. The second kappa shape index (κ2) is 10.9. The van der Waals surface area contributed by atoms with Crippen molar-refractivity contribution in [2.75, 3.05) is 31.1 Å². The number of thioether (sulfide) groups is 1. The molecule has 10 heteroatoms. The van der Waals surface area contributed by atoms with Gasteiger partial charge in [0.2, 0.25) is 0 Å². The summed E-state index contributed by atoms with van der Waals surface area (Å²) in [4.78, 5) is 14.5. The number of rotatable bonds is 11. The Labute approximate surface area is 190 Å². The van der Waals surface area contributed by atoms with E-state index in [2.05, 4.69) is 10.0 Å². The molecule has 0 atom stereocenters. The lowest BCUT2D eigenvalue weighted by Gasteiger charge is -2.09. The van der Waals surface area contributed by atoms with Crippen molar-refractivity contribution in [2.45, 2.75) is 16.5 Å². The van der Waals surface area contributed by atoms with E-state index in [-0.39, 0.29) is 10.1 Å². The van der Waals surface area contributed by atoms with Crippen LogP contribution >= 0.6 is 23.1 Å². The largest absolute Gasteiger partial charge is 0.464 e. The van der Waals surface area contributed by atoms with Crippen molar-refractivity contribution in [2.24, 2.45) is 0 Å². The molecule has 0 bridgehead atoms. The number of sulfonamides is 1. The molecule has 2 heterocycles. The van der Waals surface area contributed by atoms with Gasteiger partial charge in [-0.2, -0.15) is 11.8 Å². The van der Waals surface area contributed by atoms with E-state index in [1.54, 1.807) is 41.4 Å². The smallest absolute Gasteiger partial charge is 0.271 e. The molecule has 2 aromatic heterocycles. The van der Waals surface area contributed by atoms with E-state index in [1.807, 2.05) is 31.1 Å². The van der Waals surface area contributed by atoms with Crippen LogP contribution in [0.15, 0.2) is 62.5 Å². The number of hydrogen-bond acceptors (Lipinski definition) is 7. The van der Waals surface area contributed by atoms with Crippen molar-refractivity contribution >= 4 is 44.7 Å². The topological polar surface area (TPSA) is 91.7 Å². The van der Waals surface area contributed by atoms with Gasteiger partial charge in [-0.3, -0.25) is 9.52 Å². The van der Waals surface area contributed by atoms with Crippen LogP contribution in [0.2, 0.25) is 0 Å². The maximum Gasteiger partial charge on any atom is 0.271 e. The molecule has 0 aliphatic heterocycles. The highest BCUT2D eigenvalue weighted by molar-refractivity contribution is 7.98. The number of carbonyl (C=O) groups excluding carboxylic acids is 1. The third kappa shape index (κ3) is 7.13. The van der Waals surface area contributed by atoms with Crippen molar-refractivity contribution in [3.05, 3.63) is 71.0 Å². The highest BCUT2D eigenvalue weighted by Gasteiger charge is 2.16. The quantitative estimate of drug-likeness (QED) is 0.406. The van der Waals surface area contributed by atoms with Crippen LogP contribution in [0.3, 0.4) is 0 Å². The van der Waals surface area contributed by atoms with E-state index in [0.717, 1.165) is 40.9 Å². The van der Waals surface area contributed by atoms with Crippen molar-refractivity contribution in [3.63, 3.8) is 0 Å². The molecule has 166 valence electrons. The molecule has 0 aliphatic rings. The van der Waals surface area contributed by atoms with Gasteiger partial charge in [-0.05, 0) is 55.9 Å². The van der Waals surface area contributed by atoms with Crippen LogP contribution in [0.1, 0.15) is 21.9 Å². The Morgan fingerprint density at radius 1 is 1.13 bits per heavy atom. The monoisotopic (exact) mass is 479 g/mol. The fraction of sp³-hybridized carbons (Fsp3) is 0.286. The minimum atomic E-state index is -3.65. The Kier molecular flexibility index (Phi) is 8.19. The average molecular weight is 480 g/mol. The minimum Gasteiger partial charge on any atom is -0.464 e. The minimum absolute atomic E-state index is 0.227. The normalized spacial score (nSPS) is 11.6. The van der Waals surface area contributed by atoms with Crippen LogP contribution in [0.4, 0.5) is 5.69 Å². The van der Waals surface area contributed by atoms with Gasteiger partial charge < -0.3 is 14.6 Å². The highest BCUT2D eigenvalue weighted by Crippen LogP contribution is 2.21. The Morgan fingerprint density at radius 3 is 2.68 bits per heavy atom. The van der Waals surface area contributed by atoms with E-state index in [4.69, 9.17) is 4.42 Å². The molecule has 3 aromatic rings. The zero-order valence-corrected chi connectivity index (χ0v) is 19.8. The number of nitrogens with zero attached hydrogens (tertiary/aromatic N) is 1. The second-order valence-electron chi connectivity index (χ2n) is 7.03. The molecule has 1 aromatic carbocycles. The summed E-state index contributed by atoms with van der Waals surface area (Å²) in [6.07, 6.45) is 0.